The van der Waals surface area contributed by atoms with Crippen LogP contribution >= 0.6 is 0 Å². The molecule has 4 aromatic rings. The Hall–Kier alpha value is -4.32. The highest BCUT2D eigenvalue weighted by molar-refractivity contribution is 5.95. The molecule has 0 radical (unpaired) electrons. The number of alkyl halides is 1. The van der Waals surface area contributed by atoms with Crippen molar-refractivity contribution in [1.82, 2.24) is 20.1 Å². The van der Waals surface area contributed by atoms with Gasteiger partial charge in [-0.1, -0.05) is 12.1 Å². The molecule has 0 bridgehead atoms. The molecule has 7 nitrogen and oxygen atoms in total. The fourth-order valence-electron chi connectivity index (χ4n) is 3.97. The van der Waals surface area contributed by atoms with Crippen LogP contribution in [0.2, 0.25) is 0 Å². The lowest BCUT2D eigenvalue weighted by molar-refractivity contribution is 0.0784. The molecule has 0 spiro atoms. The van der Waals surface area contributed by atoms with E-state index >= 15 is 0 Å². The average Bonchev–Trinajstić information content (AvgIpc) is 3.54. The minimum absolute atomic E-state index is 0.0188. The molecule has 1 fully saturated rings. The molecule has 1 saturated carbocycles. The Morgan fingerprint density at radius 1 is 1.23 bits per heavy atom. The van der Waals surface area contributed by atoms with Gasteiger partial charge in [0.1, 0.15) is 23.9 Å². The molecular formula is C26H21F2N5O2. The summed E-state index contributed by atoms with van der Waals surface area (Å²) in [7, 11) is 1.66. The number of benzene rings is 2. The summed E-state index contributed by atoms with van der Waals surface area (Å²) in [5.74, 6) is -0.476. The Balaban J connectivity index is 1.45. The summed E-state index contributed by atoms with van der Waals surface area (Å²) in [6.45, 7) is -0.339. The average molecular weight is 473 g/mol. The number of rotatable bonds is 7. The first kappa shape index (κ1) is 22.5. The van der Waals surface area contributed by atoms with Gasteiger partial charge in [-0.3, -0.25) is 14.9 Å². The van der Waals surface area contributed by atoms with E-state index in [0.717, 1.165) is 24.5 Å². The number of halogens is 2. The summed E-state index contributed by atoms with van der Waals surface area (Å²) in [6.07, 6.45) is 4.79. The van der Waals surface area contributed by atoms with E-state index in [0.29, 0.717) is 39.0 Å². The van der Waals surface area contributed by atoms with Crippen LogP contribution in [0.3, 0.4) is 0 Å². The second-order valence-corrected chi connectivity index (χ2v) is 8.57. The molecule has 0 unspecified atom stereocenters. The van der Waals surface area contributed by atoms with Crippen LogP contribution in [0.5, 0.6) is 5.75 Å². The van der Waals surface area contributed by atoms with Crippen LogP contribution < -0.4 is 4.74 Å². The van der Waals surface area contributed by atoms with Crippen molar-refractivity contribution in [2.45, 2.75) is 32.2 Å². The predicted octanol–water partition coefficient (Wildman–Crippen LogP) is 4.92. The number of fused-ring (bicyclic) bond motifs is 1. The lowest BCUT2D eigenvalue weighted by Crippen LogP contribution is -2.26. The summed E-state index contributed by atoms with van der Waals surface area (Å²) in [6, 6.07) is 11.0. The van der Waals surface area contributed by atoms with E-state index in [1.165, 1.54) is 23.2 Å². The molecule has 2 heterocycles. The third-order valence-electron chi connectivity index (χ3n) is 5.91. The van der Waals surface area contributed by atoms with Gasteiger partial charge in [0, 0.05) is 30.7 Å². The second kappa shape index (κ2) is 9.14. The number of carbonyl (C=O) groups is 1. The molecule has 1 aliphatic rings. The Kier molecular flexibility index (Phi) is 5.87. The molecule has 9 heteroatoms. The molecule has 1 amide bonds. The number of hydrogen-bond donors (Lipinski definition) is 1. The number of nitrogens with zero attached hydrogens (tertiary/aromatic N) is 4. The molecule has 1 aliphatic carbocycles. The summed E-state index contributed by atoms with van der Waals surface area (Å²) in [5.41, 5.74) is 3.27. The van der Waals surface area contributed by atoms with Crippen molar-refractivity contribution in [2.24, 2.45) is 0 Å². The fourth-order valence-corrected chi connectivity index (χ4v) is 3.97. The van der Waals surface area contributed by atoms with Gasteiger partial charge in [-0.2, -0.15) is 10.4 Å². The molecular weight excluding hydrogens is 452 g/mol. The summed E-state index contributed by atoms with van der Waals surface area (Å²) < 4.78 is 33.3. The van der Waals surface area contributed by atoms with Gasteiger partial charge in [-0.05, 0) is 48.2 Å². The fraction of sp³-hybridized carbons (Fsp3) is 0.231. The molecule has 0 aliphatic heterocycles. The Labute approximate surface area is 200 Å². The van der Waals surface area contributed by atoms with Gasteiger partial charge in [0.05, 0.1) is 35.0 Å². The third kappa shape index (κ3) is 4.55. The van der Waals surface area contributed by atoms with Crippen molar-refractivity contribution in [3.8, 4) is 23.1 Å². The molecule has 0 saturated heterocycles. The zero-order valence-electron chi connectivity index (χ0n) is 18.9. The first-order valence-corrected chi connectivity index (χ1v) is 11.1. The van der Waals surface area contributed by atoms with Crippen molar-refractivity contribution in [1.29, 1.82) is 5.26 Å². The van der Waals surface area contributed by atoms with Gasteiger partial charge in [-0.25, -0.2) is 8.78 Å². The lowest BCUT2D eigenvalue weighted by atomic mass is 10.0. The monoisotopic (exact) mass is 473 g/mol. The first-order valence-electron chi connectivity index (χ1n) is 11.1. The van der Waals surface area contributed by atoms with E-state index in [4.69, 9.17) is 4.74 Å². The number of nitrogens with one attached hydrogen (secondary N) is 1. The highest BCUT2D eigenvalue weighted by Crippen LogP contribution is 2.35. The van der Waals surface area contributed by atoms with E-state index < -0.39 is 12.5 Å². The van der Waals surface area contributed by atoms with Crippen LogP contribution in [0, 0.1) is 17.1 Å². The van der Waals surface area contributed by atoms with Crippen molar-refractivity contribution in [3.63, 3.8) is 0 Å². The number of aromatic amines is 1. The standard InChI is InChI=1S/C26H21F2N5O2/c1-33(14-17-3-2-16(10-27)22-13-31-32-24(17)22)26(34)19-9-23(35-21-4-5-21)25(30-12-19)18-6-15(11-29)7-20(28)8-18/h2-3,6-9,12-13,21H,4-5,10,14H2,1H3,(H,31,32). The first-order chi connectivity index (χ1) is 17.0. The molecule has 35 heavy (non-hydrogen) atoms. The molecule has 2 aromatic carbocycles. The van der Waals surface area contributed by atoms with Crippen molar-refractivity contribution < 1.29 is 18.3 Å². The van der Waals surface area contributed by atoms with Gasteiger partial charge >= 0.3 is 0 Å². The number of H-pyrrole nitrogens is 1. The van der Waals surface area contributed by atoms with Crippen molar-refractivity contribution in [2.75, 3.05) is 7.05 Å². The van der Waals surface area contributed by atoms with Crippen LogP contribution in [0.1, 0.15) is 39.9 Å². The lowest BCUT2D eigenvalue weighted by Gasteiger charge is -2.19. The molecule has 176 valence electrons. The summed E-state index contributed by atoms with van der Waals surface area (Å²) >= 11 is 0. The predicted molar refractivity (Wildman–Crippen MR) is 125 cm³/mol. The van der Waals surface area contributed by atoms with Crippen LogP contribution in [0.25, 0.3) is 22.2 Å². The number of aromatic nitrogens is 3. The molecule has 0 atom stereocenters. The van der Waals surface area contributed by atoms with E-state index in [-0.39, 0.29) is 24.1 Å². The molecule has 2 aromatic heterocycles. The van der Waals surface area contributed by atoms with E-state index in [1.54, 1.807) is 31.4 Å². The van der Waals surface area contributed by atoms with Crippen LogP contribution in [-0.4, -0.2) is 39.1 Å². The SMILES string of the molecule is CN(Cc1ccc(CF)c2cn[nH]c12)C(=O)c1cnc(-c2cc(F)cc(C#N)c2)c(OC2CC2)c1. The van der Waals surface area contributed by atoms with Crippen LogP contribution in [0.15, 0.2) is 48.8 Å². The quantitative estimate of drug-likeness (QED) is 0.411. The van der Waals surface area contributed by atoms with Crippen molar-refractivity contribution in [3.05, 3.63) is 76.9 Å². The molecule has 5 rings (SSSR count). The number of carbonyl (C=O) groups excluding carboxylic acids is 1. The van der Waals surface area contributed by atoms with Gasteiger partial charge in [0.25, 0.3) is 5.91 Å². The van der Waals surface area contributed by atoms with Gasteiger partial charge in [0.2, 0.25) is 0 Å². The maximum atomic E-state index is 14.1. The highest BCUT2D eigenvalue weighted by atomic mass is 19.1. The number of nitriles is 1. The zero-order valence-corrected chi connectivity index (χ0v) is 18.9. The third-order valence-corrected chi connectivity index (χ3v) is 5.91. The smallest absolute Gasteiger partial charge is 0.255 e. The minimum atomic E-state index is -0.603. The normalized spacial score (nSPS) is 13.0. The Morgan fingerprint density at radius 2 is 2.03 bits per heavy atom. The zero-order chi connectivity index (χ0) is 24.5. The summed E-state index contributed by atoms with van der Waals surface area (Å²) in [5, 5.41) is 16.8. The van der Waals surface area contributed by atoms with Gasteiger partial charge in [-0.15, -0.1) is 0 Å². The number of hydrogen-bond acceptors (Lipinski definition) is 5. The minimum Gasteiger partial charge on any atom is -0.488 e. The summed E-state index contributed by atoms with van der Waals surface area (Å²) in [4.78, 5) is 19.2. The van der Waals surface area contributed by atoms with Gasteiger partial charge in [0.15, 0.2) is 0 Å². The second-order valence-electron chi connectivity index (χ2n) is 8.57. The van der Waals surface area contributed by atoms with E-state index in [1.807, 2.05) is 6.07 Å². The number of ether oxygens (including phenoxy) is 1. The van der Waals surface area contributed by atoms with E-state index in [9.17, 15) is 18.8 Å². The van der Waals surface area contributed by atoms with Crippen LogP contribution in [-0.2, 0) is 13.2 Å². The maximum Gasteiger partial charge on any atom is 0.255 e. The maximum absolute atomic E-state index is 14.1. The topological polar surface area (TPSA) is 94.9 Å². The Morgan fingerprint density at radius 3 is 2.77 bits per heavy atom. The van der Waals surface area contributed by atoms with Crippen molar-refractivity contribution >= 4 is 16.8 Å². The van der Waals surface area contributed by atoms with E-state index in [2.05, 4.69) is 15.2 Å². The highest BCUT2D eigenvalue weighted by Gasteiger charge is 2.27. The van der Waals surface area contributed by atoms with Gasteiger partial charge < -0.3 is 9.64 Å². The molecule has 1 N–H and O–H groups in total. The largest absolute Gasteiger partial charge is 0.488 e. The van der Waals surface area contributed by atoms with Crippen LogP contribution in [0.4, 0.5) is 8.78 Å². The number of amides is 1. The number of pyridine rings is 1. The Bertz CT molecular complexity index is 1470.